The van der Waals surface area contributed by atoms with E-state index in [9.17, 15) is 65.8 Å². The van der Waals surface area contributed by atoms with Crippen molar-refractivity contribution in [3.05, 3.63) is 123 Å². The number of methoxy groups -OCH3 is 6. The number of hydrogen-bond acceptors (Lipinski definition) is 39. The second-order valence-corrected chi connectivity index (χ2v) is 31.7. The molecule has 3 aliphatic carbocycles. The lowest BCUT2D eigenvalue weighted by atomic mass is 9.66. The van der Waals surface area contributed by atoms with Crippen molar-refractivity contribution in [3.63, 3.8) is 0 Å². The minimum Gasteiger partial charge on any atom is -0.502 e. The number of phenols is 3. The van der Waals surface area contributed by atoms with Gasteiger partial charge < -0.3 is 174 Å². The van der Waals surface area contributed by atoms with E-state index in [2.05, 4.69) is 0 Å². The Labute approximate surface area is 735 Å². The van der Waals surface area contributed by atoms with Gasteiger partial charge in [0.05, 0.1) is 129 Å². The van der Waals surface area contributed by atoms with Crippen molar-refractivity contribution < 1.29 is 205 Å². The number of fused-ring (bicyclic) bond motifs is 12. The fourth-order valence-corrected chi connectivity index (χ4v) is 18.8. The molecule has 0 unspecified atom stereocenters. The summed E-state index contributed by atoms with van der Waals surface area (Å²) >= 11 is 0. The molecule has 12 heterocycles. The zero-order valence-electron chi connectivity index (χ0n) is 79.9. The molecule has 0 bridgehead atoms. The number of carbonyl (C=O) groups excluding carboxylic acids is 3. The number of ether oxygens (including phenoxy) is 27. The molecule has 126 heavy (non-hydrogen) atoms. The molecule has 0 saturated carbocycles. The van der Waals surface area contributed by atoms with E-state index < -0.39 is 238 Å². The van der Waals surface area contributed by atoms with Crippen LogP contribution in [0.15, 0.2) is 72.8 Å². The van der Waals surface area contributed by atoms with Crippen molar-refractivity contribution in [3.8, 4) is 86.2 Å². The van der Waals surface area contributed by atoms with Gasteiger partial charge >= 0.3 is 17.9 Å². The molecule has 9 N–H and O–H groups in total. The number of cyclic esters (lactones) is 3. The highest BCUT2D eigenvalue weighted by atomic mass is 16.8. The summed E-state index contributed by atoms with van der Waals surface area (Å²) in [6.45, 7) is 1.31. The summed E-state index contributed by atoms with van der Waals surface area (Å²) < 4.78 is 254. The van der Waals surface area contributed by atoms with Crippen LogP contribution in [0, 0.1) is 35.4 Å². The van der Waals surface area contributed by atoms with Crippen LogP contribution < -0.4 is 56.8 Å². The maximum Gasteiger partial charge on any atom is 0.310 e. The van der Waals surface area contributed by atoms with E-state index in [4.69, 9.17) is 139 Å². The van der Waals surface area contributed by atoms with Crippen LogP contribution in [0.1, 0.15) is 123 Å². The Hall–Kier alpha value is -9.99. The molecule has 39 heteroatoms. The molecule has 0 aromatic heterocycles. The smallest absolute Gasteiger partial charge is 0.310 e. The molecule has 30 atom stereocenters. The zero-order valence-corrected chi connectivity index (χ0v) is 67.9. The van der Waals surface area contributed by atoms with E-state index in [1.807, 2.05) is 0 Å². The SMILES string of the molecule is [2H]C([2H])([2H])Oc1cc([C@@H]2c3cc4c(cc3[C@@H](O[C@@H]3O[C@@H]5CO[C@@H](C)O[C@H]5[C@H](O)[C@H]3O)[C@H]3COC(=O)[C@]23[2H])OCO4)cc(OC([2H])([2H])[2H])c1O.[2H]C1([2H])OC(=O)[C@]2([2H])[C@H](c3cc(OC)c(O)c(OC)c3)c3cc4c(cc3[C@@H](O[C@@H]3O[C@@H]5CO[C@@H](C)O[C@H]5[C@H](O)[C@H]3O)[C@@H]12)OCO4.[2H][C@@]1(c2cc(OC)c(O)c(OC)c2)c2cc3c(cc2[C@@H](O[C@@H]2O[C@@H]4CO[C@@H](C)O[C@H]4[C@H](O)[C@H]2O)[C@H]2COC(=O)[C@@]21[2H])OCO3. The van der Waals surface area contributed by atoms with Crippen molar-refractivity contribution in [1.29, 1.82) is 0 Å². The van der Waals surface area contributed by atoms with Gasteiger partial charge in [0.25, 0.3) is 0 Å². The Morgan fingerprint density at radius 3 is 1.02 bits per heavy atom. The molecule has 6 aromatic carbocycles. The number of esters is 3. The number of phenolic OH excluding ortho intramolecular Hbond substituents is 3. The highest BCUT2D eigenvalue weighted by Gasteiger charge is 2.61. The van der Waals surface area contributed by atoms with Gasteiger partial charge in [0.15, 0.2) is 107 Å². The monoisotopic (exact) mass is 1780 g/mol. The van der Waals surface area contributed by atoms with Gasteiger partial charge in [-0.2, -0.15) is 0 Å². The van der Waals surface area contributed by atoms with Crippen molar-refractivity contribution in [1.82, 2.24) is 0 Å². The van der Waals surface area contributed by atoms with Crippen LogP contribution in [-0.2, 0) is 85.4 Å². The quantitative estimate of drug-likeness (QED) is 0.0518. The van der Waals surface area contributed by atoms with Gasteiger partial charge in [0, 0.05) is 41.0 Å². The zero-order chi connectivity index (χ0) is 98.3. The molecule has 678 valence electrons. The van der Waals surface area contributed by atoms with E-state index in [1.165, 1.54) is 64.8 Å². The predicted molar refractivity (Wildman–Crippen MR) is 415 cm³/mol. The van der Waals surface area contributed by atoms with Crippen molar-refractivity contribution in [2.45, 2.75) is 168 Å². The first-order valence-electron chi connectivity index (χ1n) is 46.2. The first-order chi connectivity index (χ1) is 65.3. The molecule has 6 aromatic rings. The number of hydrogen-bond donors (Lipinski definition) is 9. The maximum atomic E-state index is 13.7. The maximum absolute atomic E-state index is 13.7. The van der Waals surface area contributed by atoms with Crippen molar-refractivity contribution in [2.24, 2.45) is 35.4 Å². The Morgan fingerprint density at radius 2 is 0.651 bits per heavy atom. The Bertz CT molecular complexity index is 5630. The Morgan fingerprint density at radius 1 is 0.349 bits per heavy atom. The number of rotatable bonds is 15. The van der Waals surface area contributed by atoms with Crippen LogP contribution in [0.25, 0.3) is 0 Å². The third-order valence-electron chi connectivity index (χ3n) is 24.8. The highest BCUT2D eigenvalue weighted by Crippen LogP contribution is 2.62. The van der Waals surface area contributed by atoms with Crippen LogP contribution in [0.2, 0.25) is 0 Å². The largest absolute Gasteiger partial charge is 0.502 e. The highest BCUT2D eigenvalue weighted by molar-refractivity contribution is 5.81. The van der Waals surface area contributed by atoms with Gasteiger partial charge in [0.1, 0.15) is 73.2 Å². The molecule has 21 rings (SSSR count). The van der Waals surface area contributed by atoms with Crippen LogP contribution in [0.5, 0.6) is 86.2 Å². The molecule has 0 radical (unpaired) electrons. The van der Waals surface area contributed by atoms with Gasteiger partial charge in [-0.15, -0.1) is 0 Å². The van der Waals surface area contributed by atoms with Gasteiger partial charge in [0.2, 0.25) is 37.6 Å². The fourth-order valence-electron chi connectivity index (χ4n) is 18.8. The summed E-state index contributed by atoms with van der Waals surface area (Å²) in [5.41, 5.74) is 1.96. The lowest BCUT2D eigenvalue weighted by molar-refractivity contribution is -0.364. The minimum atomic E-state index is -3.10. The molecular weight excluding hydrogens is 1670 g/mol. The average molecular weight is 1780 g/mol. The molecule has 9 saturated heterocycles. The Kier molecular flexibility index (Phi) is 19.5. The summed E-state index contributed by atoms with van der Waals surface area (Å²) in [4.78, 5) is 41.0. The number of aliphatic hydroxyl groups excluding tert-OH is 6. The average Bonchev–Trinajstić information content (AvgIpc) is 1.31. The lowest BCUT2D eigenvalue weighted by Crippen LogP contribution is -2.63. The van der Waals surface area contributed by atoms with Crippen LogP contribution >= 0.6 is 0 Å². The lowest BCUT2D eigenvalue weighted by Gasteiger charge is -2.47. The standard InChI is InChI=1S/3C29H32O13/c3*1-11-36-9-20-27(40-11)24(31)25(32)29(41-20)42-26-14-7-17-16(38-10-39-17)6-13(14)21(22-15(26)8-37-28(22)33)12-4-18(34-2)23(30)19(5-12)35-3/h3*4-7,11,15,20-22,24-27,29-32H,8-10H2,1-3H3/t3*11-,15+,20-,21-,22+,24-,25-,26-,27-,29+/m111/s1/i2D3,3D3,22D;21D,22D;8D2,22D. The van der Waals surface area contributed by atoms with Crippen LogP contribution in [0.3, 0.4) is 0 Å². The number of aliphatic hydroxyl groups is 6. The van der Waals surface area contributed by atoms with Crippen LogP contribution in [0.4, 0.5) is 0 Å². The van der Waals surface area contributed by atoms with E-state index >= 15 is 0 Å². The third-order valence-corrected chi connectivity index (χ3v) is 24.8. The Balaban J connectivity index is 0.000000132. The predicted octanol–water partition coefficient (Wildman–Crippen LogP) is 4.02. The van der Waals surface area contributed by atoms with Gasteiger partial charge in [-0.3, -0.25) is 14.4 Å². The van der Waals surface area contributed by atoms with Crippen molar-refractivity contribution in [2.75, 3.05) is 102 Å². The first kappa shape index (κ1) is 72.0. The van der Waals surface area contributed by atoms with Gasteiger partial charge in [-0.1, -0.05) is 0 Å². The van der Waals surface area contributed by atoms with Gasteiger partial charge in [-0.25, -0.2) is 0 Å². The topological polar surface area (TPSA) is 482 Å². The molecule has 39 nitrogen and oxygen atoms in total. The first-order valence-corrected chi connectivity index (χ1v) is 40.2. The summed E-state index contributed by atoms with van der Waals surface area (Å²) in [6, 6.07) is 17.0. The van der Waals surface area contributed by atoms with Crippen LogP contribution in [-0.4, -0.2) is 277 Å². The second-order valence-electron chi connectivity index (χ2n) is 31.7. The minimum absolute atomic E-state index is 0.00644. The summed E-state index contributed by atoms with van der Waals surface area (Å²) in [5, 5.41) is 98.1. The van der Waals surface area contributed by atoms with E-state index in [0.717, 1.165) is 12.1 Å². The normalized spacial score (nSPS) is 40.8. The van der Waals surface area contributed by atoms with E-state index in [1.54, 1.807) is 45.0 Å². The molecule has 9 fully saturated rings. The molecule has 15 aliphatic rings. The van der Waals surface area contributed by atoms with E-state index in [-0.39, 0.29) is 133 Å². The second kappa shape index (κ2) is 34.2. The number of benzene rings is 6. The summed E-state index contributed by atoms with van der Waals surface area (Å²) in [6.07, 6.45) is -24.5. The van der Waals surface area contributed by atoms with E-state index in [0.29, 0.717) is 39.5 Å². The van der Waals surface area contributed by atoms with Gasteiger partial charge in [-0.05, 0) is 144 Å². The third kappa shape index (κ3) is 14.8. The number of aromatic hydroxyl groups is 3. The molecule has 12 aliphatic heterocycles. The molecule has 0 amide bonds. The fraction of sp³-hybridized carbons (Fsp3) is 0.552. The molecular formula is C87H96O39. The summed E-state index contributed by atoms with van der Waals surface area (Å²) in [7, 11) is -0.902. The number of carbonyl (C=O) groups is 3. The van der Waals surface area contributed by atoms with Crippen molar-refractivity contribution >= 4 is 17.9 Å². The summed E-state index contributed by atoms with van der Waals surface area (Å²) in [5.74, 6) is -20.1. The molecule has 0 spiro atoms.